The summed E-state index contributed by atoms with van der Waals surface area (Å²) in [6.07, 6.45) is 3.55. The normalized spacial score (nSPS) is 14.3. The summed E-state index contributed by atoms with van der Waals surface area (Å²) >= 11 is 0. The average Bonchev–Trinajstić information content (AvgIpc) is 2.68. The van der Waals surface area contributed by atoms with Crippen molar-refractivity contribution in [1.82, 2.24) is 4.90 Å². The fourth-order valence-electron chi connectivity index (χ4n) is 2.96. The molecule has 0 spiro atoms. The standard InChI is InChI=1S/C21H21N3O2/c22-15-16-1-5-19(6-2-16)23-21(26)11-14-24-12-9-18(10-13-24)17-3-7-20(25)8-4-17/h1-9,25H,10-14H2,(H,23,26). The zero-order chi connectivity index (χ0) is 18.4. The van der Waals surface area contributed by atoms with Gasteiger partial charge in [-0.05, 0) is 54.0 Å². The molecule has 0 atom stereocenters. The van der Waals surface area contributed by atoms with Gasteiger partial charge in [-0.2, -0.15) is 5.26 Å². The van der Waals surface area contributed by atoms with Crippen LogP contribution in [0.25, 0.3) is 5.57 Å². The van der Waals surface area contributed by atoms with Crippen molar-refractivity contribution in [3.63, 3.8) is 0 Å². The lowest BCUT2D eigenvalue weighted by Gasteiger charge is -2.26. The molecule has 0 aliphatic carbocycles. The smallest absolute Gasteiger partial charge is 0.225 e. The zero-order valence-corrected chi connectivity index (χ0v) is 14.5. The van der Waals surface area contributed by atoms with Crippen molar-refractivity contribution in [3.05, 3.63) is 65.7 Å². The van der Waals surface area contributed by atoms with Gasteiger partial charge in [0.15, 0.2) is 0 Å². The molecular formula is C21H21N3O2. The van der Waals surface area contributed by atoms with Crippen molar-refractivity contribution in [2.45, 2.75) is 12.8 Å². The van der Waals surface area contributed by atoms with Crippen LogP contribution in [0.3, 0.4) is 0 Å². The van der Waals surface area contributed by atoms with Gasteiger partial charge in [0.05, 0.1) is 11.6 Å². The third-order valence-corrected chi connectivity index (χ3v) is 4.48. The van der Waals surface area contributed by atoms with Crippen LogP contribution in [-0.2, 0) is 4.79 Å². The second kappa shape index (κ2) is 8.32. The summed E-state index contributed by atoms with van der Waals surface area (Å²) in [5.74, 6) is 0.253. The minimum absolute atomic E-state index is 0.0250. The van der Waals surface area contributed by atoms with Gasteiger partial charge in [0.2, 0.25) is 5.91 Å². The molecule has 3 rings (SSSR count). The van der Waals surface area contributed by atoms with E-state index in [0.29, 0.717) is 24.2 Å². The Balaban J connectivity index is 1.46. The fourth-order valence-corrected chi connectivity index (χ4v) is 2.96. The van der Waals surface area contributed by atoms with Crippen LogP contribution in [0.15, 0.2) is 54.6 Å². The Bertz CT molecular complexity index is 833. The number of nitrogens with zero attached hydrogens (tertiary/aromatic N) is 2. The predicted molar refractivity (Wildman–Crippen MR) is 102 cm³/mol. The molecule has 5 heteroatoms. The Kier molecular flexibility index (Phi) is 5.67. The van der Waals surface area contributed by atoms with Crippen LogP contribution in [-0.4, -0.2) is 35.5 Å². The molecule has 0 saturated heterocycles. The van der Waals surface area contributed by atoms with Crippen LogP contribution in [0.5, 0.6) is 5.75 Å². The first-order valence-corrected chi connectivity index (χ1v) is 8.65. The number of hydrogen-bond donors (Lipinski definition) is 2. The first kappa shape index (κ1) is 17.7. The summed E-state index contributed by atoms with van der Waals surface area (Å²) in [4.78, 5) is 14.3. The van der Waals surface area contributed by atoms with E-state index in [1.54, 1.807) is 36.4 Å². The SMILES string of the molecule is N#Cc1ccc(NC(=O)CCN2CC=C(c3ccc(O)cc3)CC2)cc1. The first-order valence-electron chi connectivity index (χ1n) is 8.65. The maximum atomic E-state index is 12.1. The van der Waals surface area contributed by atoms with Crippen molar-refractivity contribution in [1.29, 1.82) is 5.26 Å². The molecule has 1 heterocycles. The van der Waals surface area contributed by atoms with Gasteiger partial charge in [0, 0.05) is 31.7 Å². The summed E-state index contributed by atoms with van der Waals surface area (Å²) in [6.45, 7) is 2.44. The van der Waals surface area contributed by atoms with Gasteiger partial charge in [-0.25, -0.2) is 0 Å². The molecule has 2 aromatic rings. The number of nitrogens with one attached hydrogen (secondary N) is 1. The summed E-state index contributed by atoms with van der Waals surface area (Å²) in [5, 5.41) is 21.0. The third-order valence-electron chi connectivity index (χ3n) is 4.48. The monoisotopic (exact) mass is 347 g/mol. The maximum absolute atomic E-state index is 12.1. The lowest BCUT2D eigenvalue weighted by Crippen LogP contribution is -2.31. The van der Waals surface area contributed by atoms with Crippen LogP contribution in [0.2, 0.25) is 0 Å². The molecule has 0 aromatic heterocycles. The van der Waals surface area contributed by atoms with E-state index >= 15 is 0 Å². The third kappa shape index (κ3) is 4.71. The highest BCUT2D eigenvalue weighted by atomic mass is 16.3. The topological polar surface area (TPSA) is 76.4 Å². The van der Waals surface area contributed by atoms with E-state index in [1.165, 1.54) is 5.57 Å². The highest BCUT2D eigenvalue weighted by Crippen LogP contribution is 2.24. The number of benzene rings is 2. The van der Waals surface area contributed by atoms with Crippen LogP contribution in [0.4, 0.5) is 5.69 Å². The molecule has 1 amide bonds. The molecule has 2 N–H and O–H groups in total. The second-order valence-corrected chi connectivity index (χ2v) is 6.31. The van der Waals surface area contributed by atoms with Gasteiger partial charge in [-0.1, -0.05) is 18.2 Å². The van der Waals surface area contributed by atoms with E-state index in [4.69, 9.17) is 5.26 Å². The van der Waals surface area contributed by atoms with Crippen molar-refractivity contribution < 1.29 is 9.90 Å². The number of aromatic hydroxyl groups is 1. The second-order valence-electron chi connectivity index (χ2n) is 6.31. The van der Waals surface area contributed by atoms with Crippen molar-refractivity contribution in [2.75, 3.05) is 25.0 Å². The molecule has 0 bridgehead atoms. The molecule has 0 unspecified atom stereocenters. The number of phenols is 1. The van der Waals surface area contributed by atoms with Gasteiger partial charge < -0.3 is 10.4 Å². The zero-order valence-electron chi connectivity index (χ0n) is 14.5. The quantitative estimate of drug-likeness (QED) is 0.869. The lowest BCUT2D eigenvalue weighted by molar-refractivity contribution is -0.116. The number of amides is 1. The minimum Gasteiger partial charge on any atom is -0.508 e. The highest BCUT2D eigenvalue weighted by molar-refractivity contribution is 5.90. The summed E-state index contributed by atoms with van der Waals surface area (Å²) in [5.41, 5.74) is 3.71. The predicted octanol–water partition coefficient (Wildman–Crippen LogP) is 3.38. The Morgan fingerprint density at radius 3 is 2.50 bits per heavy atom. The average molecular weight is 347 g/mol. The van der Waals surface area contributed by atoms with Crippen LogP contribution >= 0.6 is 0 Å². The van der Waals surface area contributed by atoms with Crippen molar-refractivity contribution in [2.24, 2.45) is 0 Å². The molecule has 5 nitrogen and oxygen atoms in total. The number of carbonyl (C=O) groups is 1. The van der Waals surface area contributed by atoms with E-state index in [0.717, 1.165) is 25.1 Å². The molecule has 132 valence electrons. The molecule has 1 aliphatic heterocycles. The van der Waals surface area contributed by atoms with Crippen LogP contribution in [0, 0.1) is 11.3 Å². The van der Waals surface area contributed by atoms with Crippen molar-refractivity contribution >= 4 is 17.2 Å². The largest absolute Gasteiger partial charge is 0.508 e. The maximum Gasteiger partial charge on any atom is 0.225 e. The summed E-state index contributed by atoms with van der Waals surface area (Å²) in [7, 11) is 0. The first-order chi connectivity index (χ1) is 12.6. The van der Waals surface area contributed by atoms with E-state index in [2.05, 4.69) is 22.4 Å². The molecule has 0 radical (unpaired) electrons. The number of rotatable bonds is 5. The summed E-state index contributed by atoms with van der Waals surface area (Å²) < 4.78 is 0. The van der Waals surface area contributed by atoms with E-state index in [-0.39, 0.29) is 11.7 Å². The fraction of sp³-hybridized carbons (Fsp3) is 0.238. The van der Waals surface area contributed by atoms with Crippen LogP contribution in [0.1, 0.15) is 24.0 Å². The summed E-state index contributed by atoms with van der Waals surface area (Å²) in [6, 6.07) is 16.2. The van der Waals surface area contributed by atoms with Gasteiger partial charge in [-0.3, -0.25) is 9.69 Å². The molecule has 1 aliphatic rings. The lowest BCUT2D eigenvalue weighted by atomic mass is 9.99. The van der Waals surface area contributed by atoms with Gasteiger partial charge in [-0.15, -0.1) is 0 Å². The van der Waals surface area contributed by atoms with Crippen molar-refractivity contribution in [3.8, 4) is 11.8 Å². The molecular weight excluding hydrogens is 326 g/mol. The number of anilines is 1. The Hall–Kier alpha value is -3.10. The van der Waals surface area contributed by atoms with Crippen LogP contribution < -0.4 is 5.32 Å². The molecule has 0 saturated carbocycles. The number of phenolic OH excluding ortho intramolecular Hbond substituents is 1. The number of carbonyl (C=O) groups excluding carboxylic acids is 1. The molecule has 26 heavy (non-hydrogen) atoms. The molecule has 2 aromatic carbocycles. The Morgan fingerprint density at radius 1 is 1.15 bits per heavy atom. The van der Waals surface area contributed by atoms with E-state index < -0.39 is 0 Å². The van der Waals surface area contributed by atoms with E-state index in [1.807, 2.05) is 12.1 Å². The van der Waals surface area contributed by atoms with E-state index in [9.17, 15) is 9.90 Å². The Labute approximate surface area is 153 Å². The van der Waals surface area contributed by atoms with Gasteiger partial charge in [0.1, 0.15) is 5.75 Å². The Morgan fingerprint density at radius 2 is 1.88 bits per heavy atom. The van der Waals surface area contributed by atoms with Gasteiger partial charge >= 0.3 is 0 Å². The minimum atomic E-state index is -0.0250. The highest BCUT2D eigenvalue weighted by Gasteiger charge is 2.14. The number of hydrogen-bond acceptors (Lipinski definition) is 4. The number of nitriles is 1. The molecule has 0 fully saturated rings. The van der Waals surface area contributed by atoms with Gasteiger partial charge in [0.25, 0.3) is 0 Å².